The van der Waals surface area contributed by atoms with Crippen LogP contribution < -0.4 is 0 Å². The Hall–Kier alpha value is -0.450. The van der Waals surface area contributed by atoms with Crippen LogP contribution in [0.1, 0.15) is 54.3 Å². The summed E-state index contributed by atoms with van der Waals surface area (Å²) in [5.74, 6) is 0.374. The minimum atomic E-state index is 0.0951. The SMILES string of the molecule is CC(C)c1nc(C2CCCO2)sc1CO. The summed E-state index contributed by atoms with van der Waals surface area (Å²) in [4.78, 5) is 5.59. The van der Waals surface area contributed by atoms with E-state index < -0.39 is 0 Å². The average molecular weight is 227 g/mol. The maximum atomic E-state index is 9.25. The topological polar surface area (TPSA) is 42.4 Å². The molecule has 1 atom stereocenters. The fourth-order valence-electron chi connectivity index (χ4n) is 1.86. The predicted octanol–water partition coefficient (Wildman–Crippen LogP) is 2.61. The van der Waals surface area contributed by atoms with Crippen LogP contribution in [0.3, 0.4) is 0 Å². The Morgan fingerprint density at radius 2 is 2.40 bits per heavy atom. The van der Waals surface area contributed by atoms with Crippen molar-refractivity contribution in [1.29, 1.82) is 0 Å². The van der Waals surface area contributed by atoms with Gasteiger partial charge in [-0.05, 0) is 18.8 Å². The molecule has 1 aromatic heterocycles. The van der Waals surface area contributed by atoms with Crippen molar-refractivity contribution >= 4 is 11.3 Å². The lowest BCUT2D eigenvalue weighted by molar-refractivity contribution is 0.111. The molecule has 0 saturated carbocycles. The number of hydrogen-bond acceptors (Lipinski definition) is 4. The molecule has 0 radical (unpaired) electrons. The predicted molar refractivity (Wildman–Crippen MR) is 60.1 cm³/mol. The normalized spacial score (nSPS) is 21.5. The van der Waals surface area contributed by atoms with Gasteiger partial charge in [0.1, 0.15) is 11.1 Å². The molecule has 1 aromatic rings. The molecule has 1 unspecified atom stereocenters. The van der Waals surface area contributed by atoms with Gasteiger partial charge in [0.2, 0.25) is 0 Å². The van der Waals surface area contributed by atoms with E-state index >= 15 is 0 Å². The lowest BCUT2D eigenvalue weighted by Gasteiger charge is -2.04. The van der Waals surface area contributed by atoms with Crippen molar-refractivity contribution in [1.82, 2.24) is 4.98 Å². The zero-order valence-electron chi connectivity index (χ0n) is 9.19. The first-order valence-corrected chi connectivity index (χ1v) is 6.26. The molecule has 2 rings (SSSR count). The highest BCUT2D eigenvalue weighted by Crippen LogP contribution is 2.34. The monoisotopic (exact) mass is 227 g/mol. The third-order valence-corrected chi connectivity index (χ3v) is 3.79. The second kappa shape index (κ2) is 4.60. The van der Waals surface area contributed by atoms with Gasteiger partial charge in [0.15, 0.2) is 0 Å². The molecule has 1 N–H and O–H groups in total. The second-order valence-corrected chi connectivity index (χ2v) is 5.29. The van der Waals surface area contributed by atoms with Crippen molar-refractivity contribution in [2.45, 2.75) is 45.3 Å². The summed E-state index contributed by atoms with van der Waals surface area (Å²) in [5, 5.41) is 10.3. The lowest BCUT2D eigenvalue weighted by Crippen LogP contribution is -1.97. The highest BCUT2D eigenvalue weighted by molar-refractivity contribution is 7.11. The maximum absolute atomic E-state index is 9.25. The van der Waals surface area contributed by atoms with E-state index in [0.717, 1.165) is 35.0 Å². The highest BCUT2D eigenvalue weighted by Gasteiger charge is 2.23. The molecule has 0 bridgehead atoms. The van der Waals surface area contributed by atoms with Gasteiger partial charge >= 0.3 is 0 Å². The largest absolute Gasteiger partial charge is 0.391 e. The Labute approximate surface area is 94.1 Å². The van der Waals surface area contributed by atoms with Gasteiger partial charge in [-0.15, -0.1) is 11.3 Å². The molecule has 3 nitrogen and oxygen atoms in total. The highest BCUT2D eigenvalue weighted by atomic mass is 32.1. The number of nitrogens with zero attached hydrogens (tertiary/aromatic N) is 1. The van der Waals surface area contributed by atoms with Crippen LogP contribution in [0.2, 0.25) is 0 Å². The van der Waals surface area contributed by atoms with Crippen LogP contribution in [0.4, 0.5) is 0 Å². The first-order chi connectivity index (χ1) is 7.22. The van der Waals surface area contributed by atoms with Crippen LogP contribution in [-0.4, -0.2) is 16.7 Å². The van der Waals surface area contributed by atoms with Crippen molar-refractivity contribution in [3.8, 4) is 0 Å². The molecule has 1 saturated heterocycles. The fraction of sp³-hybridized carbons (Fsp3) is 0.727. The molecule has 0 spiro atoms. The molecule has 2 heterocycles. The number of thiazole rings is 1. The number of aliphatic hydroxyl groups excluding tert-OH is 1. The van der Waals surface area contributed by atoms with E-state index in [9.17, 15) is 5.11 Å². The lowest BCUT2D eigenvalue weighted by atomic mass is 10.1. The van der Waals surface area contributed by atoms with Gasteiger partial charge in [0.25, 0.3) is 0 Å². The fourth-order valence-corrected chi connectivity index (χ4v) is 3.02. The summed E-state index contributed by atoms with van der Waals surface area (Å²) in [7, 11) is 0. The van der Waals surface area contributed by atoms with Gasteiger partial charge in [-0.3, -0.25) is 0 Å². The Morgan fingerprint density at radius 1 is 1.60 bits per heavy atom. The van der Waals surface area contributed by atoms with Gasteiger partial charge < -0.3 is 9.84 Å². The Balaban J connectivity index is 2.25. The summed E-state index contributed by atoms with van der Waals surface area (Å²) in [6, 6.07) is 0. The van der Waals surface area contributed by atoms with Crippen LogP contribution in [0.25, 0.3) is 0 Å². The van der Waals surface area contributed by atoms with Crippen molar-refractivity contribution in [3.63, 3.8) is 0 Å². The molecular weight excluding hydrogens is 210 g/mol. The van der Waals surface area contributed by atoms with Crippen molar-refractivity contribution in [3.05, 3.63) is 15.6 Å². The summed E-state index contributed by atoms with van der Waals surface area (Å²) in [6.45, 7) is 5.15. The first-order valence-electron chi connectivity index (χ1n) is 5.44. The summed E-state index contributed by atoms with van der Waals surface area (Å²) < 4.78 is 5.60. The van der Waals surface area contributed by atoms with Crippen molar-refractivity contribution in [2.24, 2.45) is 0 Å². The van der Waals surface area contributed by atoms with E-state index in [0.29, 0.717) is 5.92 Å². The molecule has 1 aliphatic heterocycles. The number of ether oxygens (including phenoxy) is 1. The van der Waals surface area contributed by atoms with E-state index in [2.05, 4.69) is 18.8 Å². The third kappa shape index (κ3) is 2.22. The van der Waals surface area contributed by atoms with Crippen LogP contribution in [0, 0.1) is 0 Å². The Kier molecular flexibility index (Phi) is 3.38. The molecular formula is C11H17NO2S. The first kappa shape index (κ1) is 11.0. The quantitative estimate of drug-likeness (QED) is 0.863. The van der Waals surface area contributed by atoms with Gasteiger partial charge in [0, 0.05) is 6.61 Å². The molecule has 0 aromatic carbocycles. The van der Waals surface area contributed by atoms with E-state index in [1.807, 2.05) is 0 Å². The smallest absolute Gasteiger partial charge is 0.122 e. The zero-order chi connectivity index (χ0) is 10.8. The van der Waals surface area contributed by atoms with E-state index in [-0.39, 0.29) is 12.7 Å². The number of aliphatic hydroxyl groups is 1. The molecule has 4 heteroatoms. The van der Waals surface area contributed by atoms with E-state index in [1.54, 1.807) is 11.3 Å². The molecule has 15 heavy (non-hydrogen) atoms. The minimum absolute atomic E-state index is 0.0951. The maximum Gasteiger partial charge on any atom is 0.122 e. The number of aromatic nitrogens is 1. The molecule has 0 aliphatic carbocycles. The molecule has 1 fully saturated rings. The van der Waals surface area contributed by atoms with Gasteiger partial charge in [0.05, 0.1) is 17.2 Å². The Morgan fingerprint density at radius 3 is 2.87 bits per heavy atom. The van der Waals surface area contributed by atoms with E-state index in [1.165, 1.54) is 0 Å². The average Bonchev–Trinajstić information content (AvgIpc) is 2.86. The van der Waals surface area contributed by atoms with Gasteiger partial charge in [-0.25, -0.2) is 4.98 Å². The molecule has 0 amide bonds. The van der Waals surface area contributed by atoms with Crippen LogP contribution in [-0.2, 0) is 11.3 Å². The summed E-state index contributed by atoms with van der Waals surface area (Å²) in [6.07, 6.45) is 2.36. The summed E-state index contributed by atoms with van der Waals surface area (Å²) in [5.41, 5.74) is 1.04. The van der Waals surface area contributed by atoms with Crippen molar-refractivity contribution in [2.75, 3.05) is 6.61 Å². The number of hydrogen-bond donors (Lipinski definition) is 1. The van der Waals surface area contributed by atoms with Crippen LogP contribution >= 0.6 is 11.3 Å². The van der Waals surface area contributed by atoms with Gasteiger partial charge in [-0.1, -0.05) is 13.8 Å². The van der Waals surface area contributed by atoms with Gasteiger partial charge in [-0.2, -0.15) is 0 Å². The van der Waals surface area contributed by atoms with Crippen LogP contribution in [0.15, 0.2) is 0 Å². The Bertz CT molecular complexity index is 329. The standard InChI is InChI=1S/C11H17NO2S/c1-7(2)10-9(6-13)15-11(12-10)8-4-3-5-14-8/h7-8,13H,3-6H2,1-2H3. The van der Waals surface area contributed by atoms with E-state index in [4.69, 9.17) is 4.74 Å². The van der Waals surface area contributed by atoms with Crippen LogP contribution in [0.5, 0.6) is 0 Å². The van der Waals surface area contributed by atoms with Crippen molar-refractivity contribution < 1.29 is 9.84 Å². The zero-order valence-corrected chi connectivity index (χ0v) is 10.0. The number of rotatable bonds is 3. The molecule has 84 valence electrons. The minimum Gasteiger partial charge on any atom is -0.391 e. The second-order valence-electron chi connectivity index (χ2n) is 4.17. The summed E-state index contributed by atoms with van der Waals surface area (Å²) >= 11 is 1.60. The molecule has 1 aliphatic rings. The third-order valence-electron chi connectivity index (χ3n) is 2.64.